The molecule has 0 unspecified atom stereocenters. The van der Waals surface area contributed by atoms with Gasteiger partial charge in [0, 0.05) is 11.9 Å². The fourth-order valence-electron chi connectivity index (χ4n) is 1.12. The molecule has 0 radical (unpaired) electrons. The second-order valence-electron chi connectivity index (χ2n) is 2.69. The van der Waals surface area contributed by atoms with Crippen molar-refractivity contribution in [2.24, 2.45) is 0 Å². The highest BCUT2D eigenvalue weighted by molar-refractivity contribution is 8.03. The van der Waals surface area contributed by atoms with E-state index >= 15 is 0 Å². The molecule has 0 spiro atoms. The zero-order valence-electron chi connectivity index (χ0n) is 11.3. The maximum absolute atomic E-state index is 12.1. The van der Waals surface area contributed by atoms with E-state index in [2.05, 4.69) is 0 Å². The molecular weight excluding hydrogens is 293 g/mol. The van der Waals surface area contributed by atoms with Crippen LogP contribution in [0.3, 0.4) is 0 Å². The van der Waals surface area contributed by atoms with Gasteiger partial charge < -0.3 is 0 Å². The quantitative estimate of drug-likeness (QED) is 0.454. The van der Waals surface area contributed by atoms with Crippen LogP contribution in [0.25, 0.3) is 0 Å². The van der Waals surface area contributed by atoms with Crippen molar-refractivity contribution in [3.63, 3.8) is 0 Å². The Bertz CT molecular complexity index is 602. The van der Waals surface area contributed by atoms with Crippen LogP contribution in [0.15, 0.2) is 24.2 Å². The van der Waals surface area contributed by atoms with E-state index in [-0.39, 0.29) is 0 Å². The van der Waals surface area contributed by atoms with Crippen LogP contribution >= 0.6 is 46.8 Å². The van der Waals surface area contributed by atoms with Crippen molar-refractivity contribution < 1.29 is 15.1 Å². The fraction of sp³-hybridized carbons (Fsp3) is 0.111. The number of amides is 2. The minimum absolute atomic E-state index is 0.308. The van der Waals surface area contributed by atoms with E-state index in [1.807, 2.05) is 0 Å². The highest BCUT2D eigenvalue weighted by atomic mass is 35.6. The molecule has 1 aliphatic heterocycles. The Morgan fingerprint density at radius 3 is 1.94 bits per heavy atom. The molecule has 1 aliphatic rings. The number of benzene rings is 1. The molecule has 0 N–H and O–H groups in total. The number of hydrogen-bond donors (Lipinski definition) is 0. The van der Waals surface area contributed by atoms with E-state index in [0.29, 0.717) is 16.3 Å². The minimum Gasteiger partial charge on any atom is -0.268 e. The van der Waals surface area contributed by atoms with Crippen molar-refractivity contribution in [1.82, 2.24) is 4.31 Å². The molecule has 0 saturated heterocycles. The second-order valence-corrected chi connectivity index (χ2v) is 6.81. The summed E-state index contributed by atoms with van der Waals surface area (Å²) in [6, 6.07) is -2.38. The number of rotatable bonds is 1. The van der Waals surface area contributed by atoms with Crippen LogP contribution in [-0.2, 0) is 0 Å². The van der Waals surface area contributed by atoms with E-state index in [1.165, 1.54) is 0 Å². The standard InChI is InChI=1S/C9H4Cl3NO2S/c10-9(11,12)16-13-7(14)5-3-1-2-4-6(5)8(13)15/h1-4H/i1D,2D,3D,4D. The number of alkyl halides is 3. The number of imide groups is 1. The van der Waals surface area contributed by atoms with Crippen molar-refractivity contribution in [2.45, 2.75) is 3.12 Å². The number of carbonyl (C=O) groups is 2. The molecule has 1 aromatic rings. The van der Waals surface area contributed by atoms with Crippen LogP contribution in [0.4, 0.5) is 0 Å². The maximum atomic E-state index is 12.1. The lowest BCUT2D eigenvalue weighted by Crippen LogP contribution is -2.25. The smallest absolute Gasteiger partial charge is 0.268 e. The third-order valence-electron chi connectivity index (χ3n) is 1.68. The third kappa shape index (κ3) is 2.15. The number of nitrogens with zero attached hydrogens (tertiary/aromatic N) is 1. The zero-order valence-corrected chi connectivity index (χ0v) is 10.4. The fourth-order valence-corrected chi connectivity index (χ4v) is 2.29. The Morgan fingerprint density at radius 2 is 1.56 bits per heavy atom. The first kappa shape index (κ1) is 7.82. The number of halogens is 3. The summed E-state index contributed by atoms with van der Waals surface area (Å²) in [7, 11) is 0. The molecule has 84 valence electrons. The van der Waals surface area contributed by atoms with E-state index in [0.717, 1.165) is 0 Å². The summed E-state index contributed by atoms with van der Waals surface area (Å²) in [5.41, 5.74) is -0.828. The predicted molar refractivity (Wildman–Crippen MR) is 64.8 cm³/mol. The molecule has 3 nitrogen and oxygen atoms in total. The van der Waals surface area contributed by atoms with E-state index in [1.54, 1.807) is 0 Å². The lowest BCUT2D eigenvalue weighted by Gasteiger charge is -2.17. The largest absolute Gasteiger partial charge is 0.271 e. The molecule has 0 atom stereocenters. The molecule has 2 amide bonds. The molecule has 7 heteroatoms. The normalized spacial score (nSPS) is 19.1. The Morgan fingerprint density at radius 1 is 1.12 bits per heavy atom. The molecule has 0 saturated carbocycles. The molecule has 0 bridgehead atoms. The predicted octanol–water partition coefficient (Wildman–Crippen LogP) is 3.26. The lowest BCUT2D eigenvalue weighted by molar-refractivity contribution is 0.0777. The van der Waals surface area contributed by atoms with Gasteiger partial charge in [-0.1, -0.05) is 46.9 Å². The van der Waals surface area contributed by atoms with Gasteiger partial charge in [0.2, 0.25) is 0 Å². The van der Waals surface area contributed by atoms with Gasteiger partial charge >= 0.3 is 0 Å². The Kier molecular flexibility index (Phi) is 2.01. The first-order valence-electron chi connectivity index (χ1n) is 5.81. The summed E-state index contributed by atoms with van der Waals surface area (Å²) in [5.74, 6) is -1.87. The number of fused-ring (bicyclic) bond motifs is 1. The topological polar surface area (TPSA) is 37.4 Å². The van der Waals surface area contributed by atoms with E-state index in [4.69, 9.17) is 40.3 Å². The molecule has 16 heavy (non-hydrogen) atoms. The zero-order chi connectivity index (χ0) is 15.4. The Labute approximate surface area is 116 Å². The summed E-state index contributed by atoms with van der Waals surface area (Å²) in [4.78, 5) is 24.2. The van der Waals surface area contributed by atoms with Crippen molar-refractivity contribution >= 4 is 58.6 Å². The minimum atomic E-state index is -1.98. The molecule has 0 aromatic heterocycles. The Hall–Kier alpha value is -0.420. The second kappa shape index (κ2) is 4.11. The highest BCUT2D eigenvalue weighted by Crippen LogP contribution is 2.43. The maximum Gasteiger partial charge on any atom is 0.271 e. The SMILES string of the molecule is [2H]c1c([2H])c([2H])c2c(c1[2H])C(=O)N(SC(Cl)(Cl)Cl)C2=O. The van der Waals surface area contributed by atoms with Crippen LogP contribution in [0.1, 0.15) is 26.2 Å². The third-order valence-corrected chi connectivity index (χ3v) is 3.02. The van der Waals surface area contributed by atoms with Crippen LogP contribution in [0.2, 0.25) is 0 Å². The van der Waals surface area contributed by atoms with E-state index in [9.17, 15) is 9.59 Å². The van der Waals surface area contributed by atoms with Gasteiger partial charge in [0.25, 0.3) is 14.9 Å². The van der Waals surface area contributed by atoms with E-state index < -0.39 is 50.2 Å². The molecule has 2 rings (SSSR count). The van der Waals surface area contributed by atoms with Gasteiger partial charge in [0.15, 0.2) is 0 Å². The average Bonchev–Trinajstić information content (AvgIpc) is 2.57. The van der Waals surface area contributed by atoms with Crippen molar-refractivity contribution in [3.05, 3.63) is 35.3 Å². The van der Waals surface area contributed by atoms with Gasteiger partial charge in [-0.15, -0.1) is 0 Å². The van der Waals surface area contributed by atoms with Gasteiger partial charge in [-0.25, -0.2) is 4.31 Å². The van der Waals surface area contributed by atoms with Gasteiger partial charge in [-0.2, -0.15) is 0 Å². The van der Waals surface area contributed by atoms with Crippen molar-refractivity contribution in [2.75, 3.05) is 0 Å². The molecule has 0 fully saturated rings. The molecule has 0 aliphatic carbocycles. The first-order valence-corrected chi connectivity index (χ1v) is 5.72. The summed E-state index contributed by atoms with van der Waals surface area (Å²) in [6.45, 7) is 0. The van der Waals surface area contributed by atoms with Crippen LogP contribution in [-0.4, -0.2) is 19.2 Å². The molecular formula is C9H4Cl3NO2S. The first-order chi connectivity index (χ1) is 9.06. The Balaban J connectivity index is 2.64. The average molecular weight is 301 g/mol. The summed E-state index contributed by atoms with van der Waals surface area (Å²) < 4.78 is 28.8. The van der Waals surface area contributed by atoms with Crippen LogP contribution < -0.4 is 0 Å². The summed E-state index contributed by atoms with van der Waals surface area (Å²) in [5, 5.41) is 0. The van der Waals surface area contributed by atoms with Gasteiger partial charge in [0.05, 0.1) is 16.6 Å². The van der Waals surface area contributed by atoms with Gasteiger partial charge in [-0.05, 0) is 12.1 Å². The molecule has 1 aromatic carbocycles. The summed E-state index contributed by atoms with van der Waals surface area (Å²) >= 11 is 16.8. The van der Waals surface area contributed by atoms with Gasteiger partial charge in [-0.3, -0.25) is 9.59 Å². The van der Waals surface area contributed by atoms with Crippen molar-refractivity contribution in [3.8, 4) is 0 Å². The monoisotopic (exact) mass is 299 g/mol. The number of hydrogen-bond acceptors (Lipinski definition) is 3. The van der Waals surface area contributed by atoms with Crippen molar-refractivity contribution in [1.29, 1.82) is 0 Å². The lowest BCUT2D eigenvalue weighted by atomic mass is 10.1. The van der Waals surface area contributed by atoms with Crippen LogP contribution in [0.5, 0.6) is 0 Å². The van der Waals surface area contributed by atoms with Crippen LogP contribution in [0, 0.1) is 0 Å². The number of carbonyl (C=O) groups excluding carboxylic acids is 2. The molecule has 1 heterocycles. The highest BCUT2D eigenvalue weighted by Gasteiger charge is 2.40. The van der Waals surface area contributed by atoms with Gasteiger partial charge in [0.1, 0.15) is 0 Å². The summed E-state index contributed by atoms with van der Waals surface area (Å²) in [6.07, 6.45) is 0.